The maximum Gasteiger partial charge on any atom is 0.246 e. The highest BCUT2D eigenvalue weighted by Gasteiger charge is 2.32. The SMILES string of the molecule is CCOc1cc(C)c(C(C)C)cc1S(=O)(=O)N1CCN(c2c(C)cccc2C)CC1. The lowest BCUT2D eigenvalue weighted by atomic mass is 9.98. The normalized spacial score (nSPS) is 15.6. The Morgan fingerprint density at radius 2 is 1.57 bits per heavy atom. The van der Waals surface area contributed by atoms with E-state index in [0.717, 1.165) is 11.1 Å². The van der Waals surface area contributed by atoms with Crippen molar-refractivity contribution >= 4 is 15.7 Å². The minimum Gasteiger partial charge on any atom is -0.492 e. The van der Waals surface area contributed by atoms with Crippen molar-refractivity contribution in [2.24, 2.45) is 0 Å². The van der Waals surface area contributed by atoms with Gasteiger partial charge in [0, 0.05) is 31.9 Å². The molecule has 0 spiro atoms. The van der Waals surface area contributed by atoms with Gasteiger partial charge in [-0.3, -0.25) is 0 Å². The zero-order valence-electron chi connectivity index (χ0n) is 19.0. The molecule has 0 aromatic heterocycles. The highest BCUT2D eigenvalue weighted by atomic mass is 32.2. The molecule has 1 aliphatic heterocycles. The van der Waals surface area contributed by atoms with Crippen LogP contribution in [0.15, 0.2) is 35.2 Å². The zero-order chi connectivity index (χ0) is 22.1. The summed E-state index contributed by atoms with van der Waals surface area (Å²) < 4.78 is 34.5. The van der Waals surface area contributed by atoms with Crippen LogP contribution in [-0.4, -0.2) is 45.5 Å². The van der Waals surface area contributed by atoms with Crippen LogP contribution in [0.3, 0.4) is 0 Å². The summed E-state index contributed by atoms with van der Waals surface area (Å²) in [5.74, 6) is 0.701. The van der Waals surface area contributed by atoms with Crippen LogP contribution in [0.1, 0.15) is 48.9 Å². The Hall–Kier alpha value is -2.05. The Morgan fingerprint density at radius 1 is 0.967 bits per heavy atom. The average Bonchev–Trinajstić information content (AvgIpc) is 2.68. The van der Waals surface area contributed by atoms with Gasteiger partial charge in [-0.1, -0.05) is 32.0 Å². The van der Waals surface area contributed by atoms with Crippen molar-refractivity contribution in [1.82, 2.24) is 4.31 Å². The van der Waals surface area contributed by atoms with Crippen molar-refractivity contribution in [3.05, 3.63) is 52.6 Å². The first-order valence-electron chi connectivity index (χ1n) is 10.8. The van der Waals surface area contributed by atoms with Gasteiger partial charge in [-0.2, -0.15) is 4.31 Å². The largest absolute Gasteiger partial charge is 0.492 e. The lowest BCUT2D eigenvalue weighted by molar-refractivity contribution is 0.327. The van der Waals surface area contributed by atoms with Crippen molar-refractivity contribution in [3.8, 4) is 5.75 Å². The molecule has 6 heteroatoms. The number of para-hydroxylation sites is 1. The molecule has 1 aliphatic rings. The third-order valence-electron chi connectivity index (χ3n) is 5.87. The summed E-state index contributed by atoms with van der Waals surface area (Å²) in [5.41, 5.74) is 5.79. The second-order valence-electron chi connectivity index (χ2n) is 8.37. The Balaban J connectivity index is 1.89. The number of hydrogen-bond acceptors (Lipinski definition) is 4. The van der Waals surface area contributed by atoms with Gasteiger partial charge in [-0.15, -0.1) is 0 Å². The molecule has 1 saturated heterocycles. The minimum atomic E-state index is -3.63. The van der Waals surface area contributed by atoms with Gasteiger partial charge in [0.15, 0.2) is 0 Å². The molecule has 164 valence electrons. The monoisotopic (exact) mass is 430 g/mol. The van der Waals surface area contributed by atoms with E-state index in [-0.39, 0.29) is 5.92 Å². The fourth-order valence-corrected chi connectivity index (χ4v) is 5.93. The summed E-state index contributed by atoms with van der Waals surface area (Å²) in [7, 11) is -3.63. The molecular formula is C24H34N2O3S. The Kier molecular flexibility index (Phi) is 6.78. The second-order valence-corrected chi connectivity index (χ2v) is 10.3. The number of hydrogen-bond donors (Lipinski definition) is 0. The van der Waals surface area contributed by atoms with Gasteiger partial charge in [0.1, 0.15) is 10.6 Å². The number of piperazine rings is 1. The second kappa shape index (κ2) is 8.98. The fourth-order valence-electron chi connectivity index (χ4n) is 4.36. The van der Waals surface area contributed by atoms with Gasteiger partial charge in [0.05, 0.1) is 6.61 Å². The summed E-state index contributed by atoms with van der Waals surface area (Å²) in [4.78, 5) is 2.59. The average molecular weight is 431 g/mol. The molecule has 2 aromatic rings. The highest BCUT2D eigenvalue weighted by molar-refractivity contribution is 7.89. The highest BCUT2D eigenvalue weighted by Crippen LogP contribution is 2.34. The molecule has 1 heterocycles. The van der Waals surface area contributed by atoms with E-state index >= 15 is 0 Å². The van der Waals surface area contributed by atoms with E-state index in [0.29, 0.717) is 43.4 Å². The van der Waals surface area contributed by atoms with E-state index in [9.17, 15) is 8.42 Å². The zero-order valence-corrected chi connectivity index (χ0v) is 19.8. The van der Waals surface area contributed by atoms with Gasteiger partial charge >= 0.3 is 0 Å². The Bertz CT molecular complexity index is 987. The number of sulfonamides is 1. The van der Waals surface area contributed by atoms with Crippen LogP contribution >= 0.6 is 0 Å². The van der Waals surface area contributed by atoms with Crippen molar-refractivity contribution in [1.29, 1.82) is 0 Å². The van der Waals surface area contributed by atoms with Gasteiger partial charge in [0.25, 0.3) is 0 Å². The van der Waals surface area contributed by atoms with E-state index < -0.39 is 10.0 Å². The predicted molar refractivity (Wildman–Crippen MR) is 123 cm³/mol. The summed E-state index contributed by atoms with van der Waals surface area (Å²) in [6.07, 6.45) is 0. The van der Waals surface area contributed by atoms with E-state index in [2.05, 4.69) is 50.8 Å². The molecule has 5 nitrogen and oxygen atoms in total. The number of nitrogens with zero attached hydrogens (tertiary/aromatic N) is 2. The number of aryl methyl sites for hydroxylation is 3. The maximum atomic E-state index is 13.6. The van der Waals surface area contributed by atoms with Crippen molar-refractivity contribution in [2.75, 3.05) is 37.7 Å². The van der Waals surface area contributed by atoms with Crippen molar-refractivity contribution < 1.29 is 13.2 Å². The van der Waals surface area contributed by atoms with Gasteiger partial charge in [-0.25, -0.2) is 8.42 Å². The van der Waals surface area contributed by atoms with Crippen LogP contribution in [-0.2, 0) is 10.0 Å². The van der Waals surface area contributed by atoms with Gasteiger partial charge in [-0.05, 0) is 68.0 Å². The van der Waals surface area contributed by atoms with Crippen LogP contribution in [0.25, 0.3) is 0 Å². The van der Waals surface area contributed by atoms with Crippen molar-refractivity contribution in [2.45, 2.75) is 52.4 Å². The third-order valence-corrected chi connectivity index (χ3v) is 7.79. The molecule has 1 fully saturated rings. The Morgan fingerprint density at radius 3 is 2.10 bits per heavy atom. The van der Waals surface area contributed by atoms with Crippen LogP contribution in [0.4, 0.5) is 5.69 Å². The molecule has 0 radical (unpaired) electrons. The summed E-state index contributed by atoms with van der Waals surface area (Å²) >= 11 is 0. The lowest BCUT2D eigenvalue weighted by Crippen LogP contribution is -2.49. The van der Waals surface area contributed by atoms with E-state index in [1.54, 1.807) is 4.31 Å². The standard InChI is InChI=1S/C24H34N2O3S/c1-7-29-22-15-20(6)21(17(2)3)16-23(22)30(27,28)26-13-11-25(12-14-26)24-18(4)9-8-10-19(24)5/h8-10,15-17H,7,11-14H2,1-6H3. The summed E-state index contributed by atoms with van der Waals surface area (Å²) in [5, 5.41) is 0. The van der Waals surface area contributed by atoms with Crippen LogP contribution < -0.4 is 9.64 Å². The molecule has 0 aliphatic carbocycles. The summed E-state index contributed by atoms with van der Waals surface area (Å²) in [6, 6.07) is 9.98. The quantitative estimate of drug-likeness (QED) is 0.670. The third kappa shape index (κ3) is 4.35. The molecule has 3 rings (SSSR count). The van der Waals surface area contributed by atoms with Crippen LogP contribution in [0, 0.1) is 20.8 Å². The molecule has 0 bridgehead atoms. The van der Waals surface area contributed by atoms with Crippen molar-refractivity contribution in [3.63, 3.8) is 0 Å². The lowest BCUT2D eigenvalue weighted by Gasteiger charge is -2.37. The molecule has 0 N–H and O–H groups in total. The van der Waals surface area contributed by atoms with Crippen LogP contribution in [0.5, 0.6) is 5.75 Å². The first-order valence-corrected chi connectivity index (χ1v) is 12.2. The van der Waals surface area contributed by atoms with Gasteiger partial charge in [0.2, 0.25) is 10.0 Å². The van der Waals surface area contributed by atoms with Gasteiger partial charge < -0.3 is 9.64 Å². The number of benzene rings is 2. The molecule has 0 amide bonds. The predicted octanol–water partition coefficient (Wildman–Crippen LogP) is 4.64. The topological polar surface area (TPSA) is 49.9 Å². The fraction of sp³-hybridized carbons (Fsp3) is 0.500. The van der Waals surface area contributed by atoms with E-state index in [1.165, 1.54) is 16.8 Å². The molecular weight excluding hydrogens is 396 g/mol. The molecule has 0 saturated carbocycles. The maximum absolute atomic E-state index is 13.6. The molecule has 30 heavy (non-hydrogen) atoms. The first-order chi connectivity index (χ1) is 14.2. The smallest absolute Gasteiger partial charge is 0.246 e. The number of rotatable bonds is 6. The van der Waals surface area contributed by atoms with E-state index in [4.69, 9.17) is 4.74 Å². The first kappa shape index (κ1) is 22.6. The molecule has 2 aromatic carbocycles. The molecule has 0 unspecified atom stereocenters. The number of anilines is 1. The Labute approximate surface area is 181 Å². The molecule has 0 atom stereocenters. The van der Waals surface area contributed by atoms with E-state index in [1.807, 2.05) is 26.0 Å². The summed E-state index contributed by atoms with van der Waals surface area (Å²) in [6.45, 7) is 15.0. The van der Waals surface area contributed by atoms with Crippen LogP contribution in [0.2, 0.25) is 0 Å². The number of ether oxygens (including phenoxy) is 1. The minimum absolute atomic E-state index is 0.246.